The molecular formula is C31H34N4O3S2. The summed E-state index contributed by atoms with van der Waals surface area (Å²) < 4.78 is 15.9. The second-order valence-corrected chi connectivity index (χ2v) is 12.9. The summed E-state index contributed by atoms with van der Waals surface area (Å²) in [5.41, 5.74) is 3.51. The van der Waals surface area contributed by atoms with Crippen LogP contribution in [0, 0.1) is 5.92 Å². The van der Waals surface area contributed by atoms with Crippen molar-refractivity contribution in [2.75, 3.05) is 0 Å². The second kappa shape index (κ2) is 11.4. The van der Waals surface area contributed by atoms with Crippen LogP contribution in [0.3, 0.4) is 0 Å². The fourth-order valence-corrected chi connectivity index (χ4v) is 7.37. The first kappa shape index (κ1) is 27.1. The van der Waals surface area contributed by atoms with Gasteiger partial charge >= 0.3 is 0 Å². The van der Waals surface area contributed by atoms with Gasteiger partial charge in [0.15, 0.2) is 5.16 Å². The summed E-state index contributed by atoms with van der Waals surface area (Å²) in [6, 6.07) is 18.5. The van der Waals surface area contributed by atoms with Gasteiger partial charge in [-0.3, -0.25) is 9.36 Å². The number of hydrogen-bond donors (Lipinski definition) is 0. The van der Waals surface area contributed by atoms with Crippen molar-refractivity contribution in [3.05, 3.63) is 86.5 Å². The van der Waals surface area contributed by atoms with Gasteiger partial charge in [-0.2, -0.15) is 0 Å². The van der Waals surface area contributed by atoms with Crippen LogP contribution in [0.15, 0.2) is 64.5 Å². The van der Waals surface area contributed by atoms with Crippen LogP contribution in [0.1, 0.15) is 49.3 Å². The smallest absolute Gasteiger partial charge is 0.263 e. The molecule has 208 valence electrons. The molecule has 0 radical (unpaired) electrons. The molecule has 1 unspecified atom stereocenters. The lowest BCUT2D eigenvalue weighted by atomic mass is 9.96. The van der Waals surface area contributed by atoms with E-state index in [1.165, 1.54) is 11.1 Å². The summed E-state index contributed by atoms with van der Waals surface area (Å²) in [6.45, 7) is 9.48. The van der Waals surface area contributed by atoms with Crippen molar-refractivity contribution >= 4 is 39.1 Å². The molecule has 0 saturated heterocycles. The second-order valence-electron chi connectivity index (χ2n) is 10.9. The first-order chi connectivity index (χ1) is 19.4. The SMILES string of the molecule is CC(C)Oc1ccc(CSc2nnc3n(CCc4ccccc4)c(=O)c4c5c(sc4n23)COC(C(C)C)C5)cc1. The molecule has 0 aliphatic carbocycles. The molecule has 0 spiro atoms. The van der Waals surface area contributed by atoms with E-state index in [-0.39, 0.29) is 17.8 Å². The quantitative estimate of drug-likeness (QED) is 0.187. The van der Waals surface area contributed by atoms with Crippen molar-refractivity contribution in [3.63, 3.8) is 0 Å². The lowest BCUT2D eigenvalue weighted by Gasteiger charge is -2.26. The van der Waals surface area contributed by atoms with Crippen molar-refractivity contribution in [1.29, 1.82) is 0 Å². The third kappa shape index (κ3) is 5.30. The molecule has 1 aliphatic rings. The van der Waals surface area contributed by atoms with Crippen LogP contribution in [0.25, 0.3) is 16.0 Å². The zero-order chi connectivity index (χ0) is 27.8. The van der Waals surface area contributed by atoms with Gasteiger partial charge in [0.25, 0.3) is 5.56 Å². The highest BCUT2D eigenvalue weighted by molar-refractivity contribution is 7.98. The van der Waals surface area contributed by atoms with Gasteiger partial charge in [-0.1, -0.05) is 68.1 Å². The van der Waals surface area contributed by atoms with E-state index in [1.807, 2.05) is 48.7 Å². The Kier molecular flexibility index (Phi) is 7.70. The van der Waals surface area contributed by atoms with Gasteiger partial charge in [0.05, 0.1) is 24.2 Å². The Labute approximate surface area is 242 Å². The molecule has 0 bridgehead atoms. The topological polar surface area (TPSA) is 70.7 Å². The Morgan fingerprint density at radius 2 is 1.82 bits per heavy atom. The van der Waals surface area contributed by atoms with E-state index in [0.717, 1.165) is 50.2 Å². The first-order valence-corrected chi connectivity index (χ1v) is 15.7. The Balaban J connectivity index is 1.40. The summed E-state index contributed by atoms with van der Waals surface area (Å²) >= 11 is 3.28. The van der Waals surface area contributed by atoms with Crippen LogP contribution in [-0.2, 0) is 36.5 Å². The summed E-state index contributed by atoms with van der Waals surface area (Å²) in [5.74, 6) is 2.57. The number of ether oxygens (including phenoxy) is 2. The van der Waals surface area contributed by atoms with E-state index in [1.54, 1.807) is 23.1 Å². The number of nitrogens with zero attached hydrogens (tertiary/aromatic N) is 4. The maximum absolute atomic E-state index is 14.1. The Morgan fingerprint density at radius 1 is 1.05 bits per heavy atom. The molecule has 7 nitrogen and oxygen atoms in total. The number of thioether (sulfide) groups is 1. The predicted molar refractivity (Wildman–Crippen MR) is 162 cm³/mol. The molecule has 1 aliphatic heterocycles. The zero-order valence-corrected chi connectivity index (χ0v) is 24.9. The minimum Gasteiger partial charge on any atom is -0.491 e. The third-order valence-corrected chi connectivity index (χ3v) is 9.49. The van der Waals surface area contributed by atoms with Crippen LogP contribution < -0.4 is 10.3 Å². The summed E-state index contributed by atoms with van der Waals surface area (Å²) in [6.07, 6.45) is 1.74. The van der Waals surface area contributed by atoms with Crippen LogP contribution in [0.4, 0.5) is 0 Å². The molecule has 3 aromatic heterocycles. The molecule has 2 aromatic carbocycles. The van der Waals surface area contributed by atoms with E-state index < -0.39 is 0 Å². The number of aryl methyl sites for hydroxylation is 2. The van der Waals surface area contributed by atoms with Crippen molar-refractivity contribution in [2.24, 2.45) is 5.92 Å². The molecule has 4 heterocycles. The molecule has 0 saturated carbocycles. The predicted octanol–water partition coefficient (Wildman–Crippen LogP) is 6.53. The van der Waals surface area contributed by atoms with E-state index in [0.29, 0.717) is 24.8 Å². The first-order valence-electron chi connectivity index (χ1n) is 13.8. The summed E-state index contributed by atoms with van der Waals surface area (Å²) in [4.78, 5) is 16.2. The minimum atomic E-state index is 0.0185. The maximum Gasteiger partial charge on any atom is 0.263 e. The van der Waals surface area contributed by atoms with Gasteiger partial charge in [-0.25, -0.2) is 4.40 Å². The fraction of sp³-hybridized carbons (Fsp3) is 0.387. The normalized spacial score (nSPS) is 15.4. The van der Waals surface area contributed by atoms with Crippen LogP contribution in [0.2, 0.25) is 0 Å². The molecule has 0 fully saturated rings. The molecular weight excluding hydrogens is 541 g/mol. The average Bonchev–Trinajstić information content (AvgIpc) is 3.54. The molecule has 5 aromatic rings. The summed E-state index contributed by atoms with van der Waals surface area (Å²) in [5, 5.41) is 10.7. The van der Waals surface area contributed by atoms with Crippen LogP contribution >= 0.6 is 23.1 Å². The van der Waals surface area contributed by atoms with Crippen LogP contribution in [-0.4, -0.2) is 31.4 Å². The van der Waals surface area contributed by atoms with Crippen molar-refractivity contribution in [1.82, 2.24) is 19.2 Å². The third-order valence-electron chi connectivity index (χ3n) is 7.30. The highest BCUT2D eigenvalue weighted by Crippen LogP contribution is 2.37. The molecule has 0 N–H and O–H groups in total. The van der Waals surface area contributed by atoms with Crippen molar-refractivity contribution in [3.8, 4) is 5.75 Å². The van der Waals surface area contributed by atoms with E-state index in [2.05, 4.69) is 52.7 Å². The minimum absolute atomic E-state index is 0.0185. The number of fused-ring (bicyclic) bond motifs is 5. The highest BCUT2D eigenvalue weighted by Gasteiger charge is 2.29. The van der Waals surface area contributed by atoms with E-state index in [4.69, 9.17) is 9.47 Å². The van der Waals surface area contributed by atoms with Crippen LogP contribution in [0.5, 0.6) is 5.75 Å². The number of hydrogen-bond acceptors (Lipinski definition) is 7. The van der Waals surface area contributed by atoms with Gasteiger partial charge in [-0.05, 0) is 55.0 Å². The average molecular weight is 575 g/mol. The van der Waals surface area contributed by atoms with Gasteiger partial charge in [0.1, 0.15) is 10.6 Å². The standard InChI is InChI=1S/C31H34N4O3S2/c1-19(2)25-16-24-26(17-37-25)40-29-27(24)28(36)34(15-14-21-8-6-5-7-9-21)30-32-33-31(35(29)30)39-18-22-10-12-23(13-11-22)38-20(3)4/h5-13,19-20,25H,14-18H2,1-4H3. The van der Waals surface area contributed by atoms with Gasteiger partial charge < -0.3 is 9.47 Å². The Morgan fingerprint density at radius 3 is 2.55 bits per heavy atom. The largest absolute Gasteiger partial charge is 0.491 e. The lowest BCUT2D eigenvalue weighted by Crippen LogP contribution is -2.29. The summed E-state index contributed by atoms with van der Waals surface area (Å²) in [7, 11) is 0. The van der Waals surface area contributed by atoms with Crippen molar-refractivity contribution in [2.45, 2.75) is 76.8 Å². The zero-order valence-electron chi connectivity index (χ0n) is 23.3. The molecule has 6 rings (SSSR count). The number of benzene rings is 2. The van der Waals surface area contributed by atoms with Crippen molar-refractivity contribution < 1.29 is 9.47 Å². The number of thiophene rings is 1. The maximum atomic E-state index is 14.1. The lowest BCUT2D eigenvalue weighted by molar-refractivity contribution is 0.00200. The van der Waals surface area contributed by atoms with E-state index >= 15 is 0 Å². The van der Waals surface area contributed by atoms with Gasteiger partial charge in [-0.15, -0.1) is 21.5 Å². The monoisotopic (exact) mass is 574 g/mol. The van der Waals surface area contributed by atoms with E-state index in [9.17, 15) is 4.79 Å². The fourth-order valence-electron chi connectivity index (χ4n) is 5.18. The molecule has 1 atom stereocenters. The number of aromatic nitrogens is 4. The molecule has 9 heteroatoms. The van der Waals surface area contributed by atoms with Gasteiger partial charge in [0, 0.05) is 23.6 Å². The highest BCUT2D eigenvalue weighted by atomic mass is 32.2. The molecule has 40 heavy (non-hydrogen) atoms. The Bertz CT molecular complexity index is 1690. The Hall–Kier alpha value is -3.14. The molecule has 0 amide bonds. The van der Waals surface area contributed by atoms with Gasteiger partial charge in [0.2, 0.25) is 5.78 Å². The number of rotatable bonds is 9.